The first-order chi connectivity index (χ1) is 8.10. The average Bonchev–Trinajstić information content (AvgIpc) is 2.89. The third kappa shape index (κ3) is 2.99. The smallest absolute Gasteiger partial charge is 0.323 e. The Morgan fingerprint density at radius 1 is 1.47 bits per heavy atom. The van der Waals surface area contributed by atoms with Gasteiger partial charge in [0.05, 0.1) is 7.11 Å². The van der Waals surface area contributed by atoms with E-state index in [4.69, 9.17) is 5.73 Å². The second kappa shape index (κ2) is 5.36. The Labute approximate surface area is 103 Å². The molecule has 2 aliphatic rings. The Hall–Kier alpha value is -0.610. The maximum Gasteiger partial charge on any atom is 0.323 e. The number of carbonyl (C=O) groups is 1. The van der Waals surface area contributed by atoms with E-state index in [-0.39, 0.29) is 5.97 Å². The lowest BCUT2D eigenvalue weighted by Gasteiger charge is -2.28. The Balaban J connectivity index is 1.74. The average molecular weight is 240 g/mol. The molecule has 0 radical (unpaired) electrons. The molecule has 4 heteroatoms. The van der Waals surface area contributed by atoms with E-state index in [2.05, 4.69) is 16.7 Å². The molecule has 0 saturated heterocycles. The molecular formula is C13H24N2O2. The van der Waals surface area contributed by atoms with Crippen LogP contribution >= 0.6 is 0 Å². The summed E-state index contributed by atoms with van der Waals surface area (Å²) < 4.78 is 4.64. The van der Waals surface area contributed by atoms with Crippen molar-refractivity contribution in [3.05, 3.63) is 0 Å². The van der Waals surface area contributed by atoms with Gasteiger partial charge < -0.3 is 15.4 Å². The quantitative estimate of drug-likeness (QED) is 0.724. The Kier molecular flexibility index (Phi) is 4.05. The molecule has 2 rings (SSSR count). The Morgan fingerprint density at radius 3 is 2.76 bits per heavy atom. The lowest BCUT2D eigenvalue weighted by atomic mass is 9.88. The minimum absolute atomic E-state index is 0.315. The van der Waals surface area contributed by atoms with E-state index in [1.54, 1.807) is 0 Å². The molecule has 0 aromatic carbocycles. The lowest BCUT2D eigenvalue weighted by Crippen LogP contribution is -2.43. The van der Waals surface area contributed by atoms with Crippen molar-refractivity contribution < 1.29 is 9.53 Å². The molecule has 4 unspecified atom stereocenters. The highest BCUT2D eigenvalue weighted by Crippen LogP contribution is 2.48. The zero-order valence-electron chi connectivity index (χ0n) is 10.9. The first-order valence-electron chi connectivity index (χ1n) is 6.62. The lowest BCUT2D eigenvalue weighted by molar-refractivity contribution is -0.142. The topological polar surface area (TPSA) is 55.6 Å². The van der Waals surface area contributed by atoms with Gasteiger partial charge in [0.25, 0.3) is 0 Å². The van der Waals surface area contributed by atoms with E-state index in [9.17, 15) is 4.79 Å². The molecule has 2 fully saturated rings. The van der Waals surface area contributed by atoms with Gasteiger partial charge in [0.15, 0.2) is 0 Å². The molecule has 0 aromatic rings. The van der Waals surface area contributed by atoms with Crippen LogP contribution in [0, 0.1) is 17.8 Å². The SMILES string of the molecule is COC(=O)C(N)CN(C)CC1CC2CCC1C2. The van der Waals surface area contributed by atoms with E-state index >= 15 is 0 Å². The molecule has 0 spiro atoms. The fraction of sp³-hybridized carbons (Fsp3) is 0.923. The Bertz CT molecular complexity index is 283. The highest BCUT2D eigenvalue weighted by Gasteiger charge is 2.39. The van der Waals surface area contributed by atoms with Crippen molar-refractivity contribution in [2.24, 2.45) is 23.5 Å². The van der Waals surface area contributed by atoms with Gasteiger partial charge in [-0.15, -0.1) is 0 Å². The minimum atomic E-state index is -0.511. The first kappa shape index (κ1) is 12.8. The van der Waals surface area contributed by atoms with Crippen LogP contribution in [-0.2, 0) is 9.53 Å². The number of nitrogens with zero attached hydrogens (tertiary/aromatic N) is 1. The van der Waals surface area contributed by atoms with Crippen LogP contribution in [0.25, 0.3) is 0 Å². The molecule has 4 atom stereocenters. The van der Waals surface area contributed by atoms with Crippen LogP contribution in [0.15, 0.2) is 0 Å². The van der Waals surface area contributed by atoms with Crippen LogP contribution in [0.5, 0.6) is 0 Å². The summed E-state index contributed by atoms with van der Waals surface area (Å²) in [6, 6.07) is -0.511. The number of fused-ring (bicyclic) bond motifs is 2. The summed E-state index contributed by atoms with van der Waals surface area (Å²) in [5, 5.41) is 0. The van der Waals surface area contributed by atoms with Crippen LogP contribution in [-0.4, -0.2) is 44.2 Å². The second-order valence-corrected chi connectivity index (χ2v) is 5.79. The van der Waals surface area contributed by atoms with Gasteiger partial charge in [-0.25, -0.2) is 0 Å². The van der Waals surface area contributed by atoms with Crippen LogP contribution in [0.2, 0.25) is 0 Å². The summed E-state index contributed by atoms with van der Waals surface area (Å²) in [6.07, 6.45) is 5.66. The van der Waals surface area contributed by atoms with Crippen LogP contribution in [0.3, 0.4) is 0 Å². The van der Waals surface area contributed by atoms with Crippen molar-refractivity contribution in [1.29, 1.82) is 0 Å². The molecule has 4 nitrogen and oxygen atoms in total. The van der Waals surface area contributed by atoms with Gasteiger partial charge in [-0.1, -0.05) is 6.42 Å². The maximum atomic E-state index is 11.2. The standard InChI is InChI=1S/C13H24N2O2/c1-15(8-12(14)13(16)17-2)7-11-6-9-3-4-10(11)5-9/h9-12H,3-8,14H2,1-2H3. The molecule has 2 aliphatic carbocycles. The second-order valence-electron chi connectivity index (χ2n) is 5.79. The number of hydrogen-bond acceptors (Lipinski definition) is 4. The van der Waals surface area contributed by atoms with Gasteiger partial charge in [-0.3, -0.25) is 4.79 Å². The summed E-state index contributed by atoms with van der Waals surface area (Å²) in [5.41, 5.74) is 5.76. The number of likely N-dealkylation sites (N-methyl/N-ethyl adjacent to an activating group) is 1. The molecule has 2 bridgehead atoms. The summed E-state index contributed by atoms with van der Waals surface area (Å²) in [6.45, 7) is 1.67. The van der Waals surface area contributed by atoms with Gasteiger partial charge in [0, 0.05) is 13.1 Å². The maximum absolute atomic E-state index is 11.2. The zero-order chi connectivity index (χ0) is 12.4. The van der Waals surface area contributed by atoms with Crippen molar-refractivity contribution in [3.63, 3.8) is 0 Å². The molecule has 2 saturated carbocycles. The number of methoxy groups -OCH3 is 1. The predicted molar refractivity (Wildman–Crippen MR) is 66.4 cm³/mol. The molecule has 0 aliphatic heterocycles. The van der Waals surface area contributed by atoms with Crippen LogP contribution < -0.4 is 5.73 Å². The normalized spacial score (nSPS) is 33.1. The van der Waals surface area contributed by atoms with E-state index < -0.39 is 6.04 Å². The first-order valence-corrected chi connectivity index (χ1v) is 6.62. The van der Waals surface area contributed by atoms with Gasteiger partial charge in [0.2, 0.25) is 0 Å². The summed E-state index contributed by atoms with van der Waals surface area (Å²) in [5.74, 6) is 2.41. The van der Waals surface area contributed by atoms with E-state index in [1.807, 2.05) is 0 Å². The van der Waals surface area contributed by atoms with Gasteiger partial charge in [-0.2, -0.15) is 0 Å². The highest BCUT2D eigenvalue weighted by atomic mass is 16.5. The van der Waals surface area contributed by atoms with E-state index in [0.717, 1.165) is 24.3 Å². The number of esters is 1. The zero-order valence-corrected chi connectivity index (χ0v) is 10.9. The van der Waals surface area contributed by atoms with Crippen molar-refractivity contribution >= 4 is 5.97 Å². The van der Waals surface area contributed by atoms with Crippen molar-refractivity contribution in [1.82, 2.24) is 4.90 Å². The van der Waals surface area contributed by atoms with Gasteiger partial charge in [-0.05, 0) is 44.1 Å². The number of carbonyl (C=O) groups excluding carboxylic acids is 1. The summed E-state index contributed by atoms with van der Waals surface area (Å²) in [7, 11) is 3.44. The van der Waals surface area contributed by atoms with Crippen molar-refractivity contribution in [2.75, 3.05) is 27.2 Å². The summed E-state index contributed by atoms with van der Waals surface area (Å²) >= 11 is 0. The molecule has 0 aromatic heterocycles. The number of nitrogens with two attached hydrogens (primary N) is 1. The largest absolute Gasteiger partial charge is 0.468 e. The van der Waals surface area contributed by atoms with Crippen LogP contribution in [0.4, 0.5) is 0 Å². The molecule has 2 N–H and O–H groups in total. The van der Waals surface area contributed by atoms with E-state index in [0.29, 0.717) is 6.54 Å². The fourth-order valence-corrected chi connectivity index (χ4v) is 3.64. The highest BCUT2D eigenvalue weighted by molar-refractivity contribution is 5.75. The predicted octanol–water partition coefficient (Wildman–Crippen LogP) is 0.855. The van der Waals surface area contributed by atoms with Crippen molar-refractivity contribution in [3.8, 4) is 0 Å². The Morgan fingerprint density at radius 2 is 2.24 bits per heavy atom. The van der Waals surface area contributed by atoms with E-state index in [1.165, 1.54) is 32.8 Å². The minimum Gasteiger partial charge on any atom is -0.468 e. The molecular weight excluding hydrogens is 216 g/mol. The van der Waals surface area contributed by atoms with Crippen LogP contribution in [0.1, 0.15) is 25.7 Å². The third-order valence-corrected chi connectivity index (χ3v) is 4.44. The third-order valence-electron chi connectivity index (χ3n) is 4.44. The van der Waals surface area contributed by atoms with Gasteiger partial charge in [0.1, 0.15) is 6.04 Å². The fourth-order valence-electron chi connectivity index (χ4n) is 3.64. The van der Waals surface area contributed by atoms with Crippen molar-refractivity contribution in [2.45, 2.75) is 31.7 Å². The molecule has 17 heavy (non-hydrogen) atoms. The number of rotatable bonds is 5. The monoisotopic (exact) mass is 240 g/mol. The number of ether oxygens (including phenoxy) is 1. The summed E-state index contributed by atoms with van der Waals surface area (Å²) in [4.78, 5) is 13.4. The molecule has 0 heterocycles. The van der Waals surface area contributed by atoms with Gasteiger partial charge >= 0.3 is 5.97 Å². The molecule has 98 valence electrons. The molecule has 0 amide bonds. The number of hydrogen-bond donors (Lipinski definition) is 1.